The Labute approximate surface area is 161 Å². The van der Waals surface area contributed by atoms with Crippen molar-refractivity contribution in [1.29, 1.82) is 0 Å². The molecule has 0 saturated carbocycles. The van der Waals surface area contributed by atoms with Crippen LogP contribution in [0.25, 0.3) is 10.6 Å². The Kier molecular flexibility index (Phi) is 5.82. The SMILES string of the molecule is O=C(CSc1nnc(-c2cccnc2)s1)Nc1ccc(Cl)c(C(=O)[O-])c1. The van der Waals surface area contributed by atoms with Crippen LogP contribution in [0.1, 0.15) is 10.4 Å². The van der Waals surface area contributed by atoms with Gasteiger partial charge in [-0.2, -0.15) is 0 Å². The van der Waals surface area contributed by atoms with Gasteiger partial charge in [0.25, 0.3) is 0 Å². The van der Waals surface area contributed by atoms with Crippen LogP contribution in [0, 0.1) is 0 Å². The fourth-order valence-corrected chi connectivity index (χ4v) is 3.79. The average molecular weight is 406 g/mol. The number of nitrogens with zero attached hydrogens (tertiary/aromatic N) is 3. The van der Waals surface area contributed by atoms with E-state index in [4.69, 9.17) is 11.6 Å². The number of pyridine rings is 1. The lowest BCUT2D eigenvalue weighted by Crippen LogP contribution is -2.23. The summed E-state index contributed by atoms with van der Waals surface area (Å²) in [4.78, 5) is 27.0. The van der Waals surface area contributed by atoms with Crippen molar-refractivity contribution in [2.45, 2.75) is 4.34 Å². The van der Waals surface area contributed by atoms with Crippen molar-refractivity contribution in [1.82, 2.24) is 15.2 Å². The molecule has 0 saturated heterocycles. The molecular formula is C16H10ClN4O3S2-. The summed E-state index contributed by atoms with van der Waals surface area (Å²) >= 11 is 8.36. The molecule has 1 N–H and O–H groups in total. The van der Waals surface area contributed by atoms with E-state index in [-0.39, 0.29) is 22.2 Å². The van der Waals surface area contributed by atoms with Gasteiger partial charge in [0.2, 0.25) is 5.91 Å². The third kappa shape index (κ3) is 4.57. The maximum absolute atomic E-state index is 12.0. The fourth-order valence-electron chi connectivity index (χ4n) is 1.96. The average Bonchev–Trinajstić information content (AvgIpc) is 3.11. The first kappa shape index (κ1) is 18.3. The molecule has 3 aromatic rings. The minimum Gasteiger partial charge on any atom is -0.545 e. The standard InChI is InChI=1S/C16H11ClN4O3S2/c17-12-4-3-10(6-11(12)15(23)24)19-13(22)8-25-16-21-20-14(26-16)9-2-1-5-18-7-9/h1-7H,8H2,(H,19,22)(H,23,24)/p-1. The van der Waals surface area contributed by atoms with Crippen LogP contribution in [0.5, 0.6) is 0 Å². The Morgan fingerprint density at radius 3 is 2.85 bits per heavy atom. The molecule has 0 aliphatic heterocycles. The number of hydrogen-bond donors (Lipinski definition) is 1. The van der Waals surface area contributed by atoms with Gasteiger partial charge < -0.3 is 15.2 Å². The summed E-state index contributed by atoms with van der Waals surface area (Å²) in [5.74, 6) is -1.61. The summed E-state index contributed by atoms with van der Waals surface area (Å²) < 4.78 is 0.644. The number of amides is 1. The second-order valence-electron chi connectivity index (χ2n) is 4.93. The van der Waals surface area contributed by atoms with Gasteiger partial charge in [-0.3, -0.25) is 9.78 Å². The lowest BCUT2D eigenvalue weighted by molar-refractivity contribution is -0.255. The number of aromatic carboxylic acids is 1. The van der Waals surface area contributed by atoms with Gasteiger partial charge in [-0.15, -0.1) is 10.2 Å². The Balaban J connectivity index is 1.59. The summed E-state index contributed by atoms with van der Waals surface area (Å²) in [7, 11) is 0. The van der Waals surface area contributed by atoms with Crippen LogP contribution in [0.3, 0.4) is 0 Å². The number of aromatic nitrogens is 3. The second-order valence-corrected chi connectivity index (χ2v) is 7.54. The number of carbonyl (C=O) groups is 2. The van der Waals surface area contributed by atoms with Crippen molar-refractivity contribution in [3.63, 3.8) is 0 Å². The zero-order chi connectivity index (χ0) is 18.5. The van der Waals surface area contributed by atoms with Crippen molar-refractivity contribution in [2.75, 3.05) is 11.1 Å². The topological polar surface area (TPSA) is 108 Å². The summed E-state index contributed by atoms with van der Waals surface area (Å²) in [6, 6.07) is 7.85. The van der Waals surface area contributed by atoms with Crippen molar-refractivity contribution in [2.24, 2.45) is 0 Å². The molecule has 10 heteroatoms. The zero-order valence-electron chi connectivity index (χ0n) is 13.0. The quantitative estimate of drug-likeness (QED) is 0.627. The van der Waals surface area contributed by atoms with E-state index in [1.54, 1.807) is 12.4 Å². The molecule has 3 rings (SSSR count). The maximum atomic E-state index is 12.0. The van der Waals surface area contributed by atoms with E-state index in [1.165, 1.54) is 41.3 Å². The first-order valence-electron chi connectivity index (χ1n) is 7.20. The van der Waals surface area contributed by atoms with E-state index in [0.717, 1.165) is 10.6 Å². The van der Waals surface area contributed by atoms with Gasteiger partial charge in [0, 0.05) is 34.2 Å². The highest BCUT2D eigenvalue weighted by Gasteiger charge is 2.11. The Hall–Kier alpha value is -2.49. The number of rotatable bonds is 6. The predicted octanol–water partition coefficient (Wildman–Crippen LogP) is 2.35. The molecule has 0 aliphatic carbocycles. The maximum Gasteiger partial charge on any atom is 0.234 e. The molecule has 0 spiro atoms. The number of carbonyl (C=O) groups excluding carboxylic acids is 2. The summed E-state index contributed by atoms with van der Waals surface area (Å²) in [6.45, 7) is 0. The molecule has 0 unspecified atom stereocenters. The molecule has 0 atom stereocenters. The third-order valence-electron chi connectivity index (χ3n) is 3.11. The van der Waals surface area contributed by atoms with E-state index in [2.05, 4.69) is 20.5 Å². The second kappa shape index (κ2) is 8.26. The van der Waals surface area contributed by atoms with Gasteiger partial charge in [-0.1, -0.05) is 34.7 Å². The van der Waals surface area contributed by atoms with Crippen LogP contribution in [-0.4, -0.2) is 32.8 Å². The predicted molar refractivity (Wildman–Crippen MR) is 98.3 cm³/mol. The van der Waals surface area contributed by atoms with E-state index in [9.17, 15) is 14.7 Å². The van der Waals surface area contributed by atoms with E-state index < -0.39 is 5.97 Å². The minimum absolute atomic E-state index is 0.0502. The zero-order valence-corrected chi connectivity index (χ0v) is 15.4. The molecule has 26 heavy (non-hydrogen) atoms. The Morgan fingerprint density at radius 2 is 2.12 bits per heavy atom. The van der Waals surface area contributed by atoms with Gasteiger partial charge in [0.05, 0.1) is 11.7 Å². The van der Waals surface area contributed by atoms with Crippen LogP contribution in [0.15, 0.2) is 47.1 Å². The molecule has 0 bridgehead atoms. The molecular weight excluding hydrogens is 396 g/mol. The number of carboxylic acids is 1. The lowest BCUT2D eigenvalue weighted by atomic mass is 10.2. The van der Waals surface area contributed by atoms with Crippen molar-refractivity contribution in [3.8, 4) is 10.6 Å². The molecule has 132 valence electrons. The molecule has 2 heterocycles. The van der Waals surface area contributed by atoms with Crippen LogP contribution >= 0.6 is 34.7 Å². The normalized spacial score (nSPS) is 10.5. The van der Waals surface area contributed by atoms with Gasteiger partial charge in [-0.25, -0.2) is 0 Å². The largest absolute Gasteiger partial charge is 0.545 e. The highest BCUT2D eigenvalue weighted by atomic mass is 35.5. The minimum atomic E-state index is -1.41. The first-order valence-corrected chi connectivity index (χ1v) is 9.38. The molecule has 7 nitrogen and oxygen atoms in total. The highest BCUT2D eigenvalue weighted by molar-refractivity contribution is 8.01. The van der Waals surface area contributed by atoms with E-state index in [0.29, 0.717) is 10.0 Å². The van der Waals surface area contributed by atoms with Crippen molar-refractivity contribution >= 4 is 52.3 Å². The van der Waals surface area contributed by atoms with E-state index >= 15 is 0 Å². The van der Waals surface area contributed by atoms with Crippen LogP contribution in [0.2, 0.25) is 5.02 Å². The molecule has 2 aromatic heterocycles. The molecule has 1 aromatic carbocycles. The lowest BCUT2D eigenvalue weighted by Gasteiger charge is -2.09. The number of thioether (sulfide) groups is 1. The number of anilines is 1. The van der Waals surface area contributed by atoms with Crippen LogP contribution in [0.4, 0.5) is 5.69 Å². The molecule has 0 fully saturated rings. The Bertz CT molecular complexity index is 950. The highest BCUT2D eigenvalue weighted by Crippen LogP contribution is 2.29. The summed E-state index contributed by atoms with van der Waals surface area (Å²) in [5.41, 5.74) is 1.01. The van der Waals surface area contributed by atoms with Gasteiger partial charge in [0.15, 0.2) is 4.34 Å². The number of benzene rings is 1. The molecule has 0 aliphatic rings. The molecule has 1 amide bonds. The Morgan fingerprint density at radius 1 is 1.27 bits per heavy atom. The summed E-state index contributed by atoms with van der Waals surface area (Å²) in [6.07, 6.45) is 3.37. The number of carboxylic acid groups (broad SMARTS) is 1. The van der Waals surface area contributed by atoms with Crippen molar-refractivity contribution in [3.05, 3.63) is 53.3 Å². The summed E-state index contributed by atoms with van der Waals surface area (Å²) in [5, 5.41) is 22.5. The smallest absolute Gasteiger partial charge is 0.234 e. The fraction of sp³-hybridized carbons (Fsp3) is 0.0625. The number of nitrogens with one attached hydrogen (secondary N) is 1. The molecule has 0 radical (unpaired) electrons. The third-order valence-corrected chi connectivity index (χ3v) is 5.55. The van der Waals surface area contributed by atoms with Gasteiger partial charge >= 0.3 is 0 Å². The van der Waals surface area contributed by atoms with Crippen LogP contribution < -0.4 is 10.4 Å². The van der Waals surface area contributed by atoms with Crippen molar-refractivity contribution < 1.29 is 14.7 Å². The number of hydrogen-bond acceptors (Lipinski definition) is 8. The monoisotopic (exact) mass is 405 g/mol. The van der Waals surface area contributed by atoms with Gasteiger partial charge in [-0.05, 0) is 30.3 Å². The van der Waals surface area contributed by atoms with Crippen LogP contribution in [-0.2, 0) is 4.79 Å². The number of halogens is 1. The first-order chi connectivity index (χ1) is 12.5. The van der Waals surface area contributed by atoms with Gasteiger partial charge in [0.1, 0.15) is 5.01 Å². The van der Waals surface area contributed by atoms with E-state index in [1.807, 2.05) is 12.1 Å².